The van der Waals surface area contributed by atoms with Crippen molar-refractivity contribution in [3.05, 3.63) is 80.1 Å². The summed E-state index contributed by atoms with van der Waals surface area (Å²) in [6.07, 6.45) is -0.231. The number of aromatic nitrogens is 5. The molecule has 5 rings (SSSR count). The lowest BCUT2D eigenvalue weighted by Gasteiger charge is -2.30. The Hall–Kier alpha value is -4.27. The molecule has 0 saturated heterocycles. The number of ether oxygens (including phenoxy) is 1. The Morgan fingerprint density at radius 1 is 1.07 bits per heavy atom. The first-order valence-electron chi connectivity index (χ1n) is 13.2. The number of nitrogens with zero attached hydrogens (tertiary/aromatic N) is 4. The number of fused-ring (bicyclic) bond motifs is 1. The molecule has 1 fully saturated rings. The predicted molar refractivity (Wildman–Crippen MR) is 141 cm³/mol. The van der Waals surface area contributed by atoms with Gasteiger partial charge in [-0.15, -0.1) is 0 Å². The average molecular weight is 610 g/mol. The van der Waals surface area contributed by atoms with Gasteiger partial charge in [-0.2, -0.15) is 18.3 Å². The molecule has 228 valence electrons. The van der Waals surface area contributed by atoms with Crippen molar-refractivity contribution in [2.45, 2.75) is 64.0 Å². The van der Waals surface area contributed by atoms with E-state index in [4.69, 9.17) is 4.74 Å². The minimum atomic E-state index is -4.99. The number of aromatic amines is 1. The van der Waals surface area contributed by atoms with Gasteiger partial charge in [-0.3, -0.25) is 9.59 Å². The van der Waals surface area contributed by atoms with E-state index in [9.17, 15) is 27.9 Å². The van der Waals surface area contributed by atoms with Crippen LogP contribution in [-0.4, -0.2) is 35.9 Å². The molecular weight excluding hydrogens is 584 g/mol. The monoisotopic (exact) mass is 609 g/mol. The molecule has 0 unspecified atom stereocenters. The van der Waals surface area contributed by atoms with Crippen LogP contribution in [0.2, 0.25) is 0 Å². The number of pyridine rings is 1. The molecular formula is C28H25F6N5O4. The van der Waals surface area contributed by atoms with E-state index < -0.39 is 80.0 Å². The van der Waals surface area contributed by atoms with Crippen LogP contribution in [0.4, 0.5) is 26.3 Å². The Labute approximate surface area is 239 Å². The van der Waals surface area contributed by atoms with Crippen molar-refractivity contribution < 1.29 is 36.2 Å². The number of benzene rings is 1. The second kappa shape index (κ2) is 11.1. The molecule has 15 heteroatoms. The SMILES string of the molecule is CC(C)(O)c1cnc(-c2cc3c(F)cn(C[C@@H]4CCC[C@H](Oc5cn[nH]c(=O)c5C(F)(F)F)C4)c(=O)c3c(F)c2F)nc1. The second-order valence-corrected chi connectivity index (χ2v) is 11.0. The van der Waals surface area contributed by atoms with E-state index in [2.05, 4.69) is 15.1 Å². The summed E-state index contributed by atoms with van der Waals surface area (Å²) >= 11 is 0. The summed E-state index contributed by atoms with van der Waals surface area (Å²) in [7, 11) is 0. The van der Waals surface area contributed by atoms with E-state index in [1.165, 1.54) is 26.2 Å². The Morgan fingerprint density at radius 3 is 2.42 bits per heavy atom. The van der Waals surface area contributed by atoms with Crippen molar-refractivity contribution in [3.8, 4) is 17.1 Å². The van der Waals surface area contributed by atoms with Gasteiger partial charge in [-0.25, -0.2) is 28.2 Å². The van der Waals surface area contributed by atoms with Crippen LogP contribution < -0.4 is 15.9 Å². The molecule has 3 heterocycles. The fourth-order valence-electron chi connectivity index (χ4n) is 5.23. The Kier molecular flexibility index (Phi) is 7.79. The lowest BCUT2D eigenvalue weighted by Crippen LogP contribution is -2.32. The van der Waals surface area contributed by atoms with Gasteiger partial charge in [0.15, 0.2) is 28.8 Å². The van der Waals surface area contributed by atoms with Crippen molar-refractivity contribution >= 4 is 10.8 Å². The molecule has 9 nitrogen and oxygen atoms in total. The van der Waals surface area contributed by atoms with Crippen molar-refractivity contribution in [2.24, 2.45) is 5.92 Å². The fourth-order valence-corrected chi connectivity index (χ4v) is 5.23. The molecule has 0 radical (unpaired) electrons. The van der Waals surface area contributed by atoms with E-state index >= 15 is 13.2 Å². The Bertz CT molecular complexity index is 1800. The van der Waals surface area contributed by atoms with E-state index in [0.717, 1.165) is 23.0 Å². The van der Waals surface area contributed by atoms with Crippen molar-refractivity contribution in [3.63, 3.8) is 0 Å². The zero-order chi connectivity index (χ0) is 31.3. The number of alkyl halides is 3. The van der Waals surface area contributed by atoms with Gasteiger partial charge < -0.3 is 14.4 Å². The molecule has 2 atom stereocenters. The molecule has 3 aromatic heterocycles. The van der Waals surface area contributed by atoms with Crippen LogP contribution in [0.3, 0.4) is 0 Å². The Balaban J connectivity index is 1.42. The zero-order valence-electron chi connectivity index (χ0n) is 22.8. The van der Waals surface area contributed by atoms with Gasteiger partial charge >= 0.3 is 6.18 Å². The summed E-state index contributed by atoms with van der Waals surface area (Å²) in [5.41, 5.74) is -5.45. The van der Waals surface area contributed by atoms with Crippen LogP contribution in [0, 0.1) is 23.4 Å². The number of hydrogen-bond donors (Lipinski definition) is 2. The molecule has 43 heavy (non-hydrogen) atoms. The lowest BCUT2D eigenvalue weighted by atomic mass is 9.87. The largest absolute Gasteiger partial charge is 0.488 e. The highest BCUT2D eigenvalue weighted by Crippen LogP contribution is 2.36. The van der Waals surface area contributed by atoms with Crippen molar-refractivity contribution in [1.82, 2.24) is 24.7 Å². The summed E-state index contributed by atoms with van der Waals surface area (Å²) in [4.78, 5) is 32.9. The smallest absolute Gasteiger partial charge is 0.425 e. The predicted octanol–water partition coefficient (Wildman–Crippen LogP) is 4.84. The van der Waals surface area contributed by atoms with Gasteiger partial charge in [0, 0.05) is 36.1 Å². The minimum absolute atomic E-state index is 0.143. The van der Waals surface area contributed by atoms with E-state index in [1.54, 1.807) is 5.10 Å². The van der Waals surface area contributed by atoms with Crippen molar-refractivity contribution in [1.29, 1.82) is 0 Å². The van der Waals surface area contributed by atoms with Crippen LogP contribution in [0.15, 0.2) is 40.4 Å². The third-order valence-electron chi connectivity index (χ3n) is 7.40. The maximum atomic E-state index is 15.3. The van der Waals surface area contributed by atoms with Crippen LogP contribution in [-0.2, 0) is 18.3 Å². The highest BCUT2D eigenvalue weighted by atomic mass is 19.4. The van der Waals surface area contributed by atoms with Crippen molar-refractivity contribution in [2.75, 3.05) is 0 Å². The average Bonchev–Trinajstić information content (AvgIpc) is 2.92. The van der Waals surface area contributed by atoms with Crippen LogP contribution in [0.1, 0.15) is 50.7 Å². The molecule has 4 aromatic rings. The van der Waals surface area contributed by atoms with Gasteiger partial charge in [-0.05, 0) is 51.5 Å². The van der Waals surface area contributed by atoms with Crippen LogP contribution in [0.5, 0.6) is 5.75 Å². The Morgan fingerprint density at radius 2 is 1.77 bits per heavy atom. The number of hydrogen-bond acceptors (Lipinski definition) is 7. The standard InChI is InChI=1S/C28H25F6N5O4/c1-27(2,42)14-8-35-24(36-9-14)17-7-16-18(29)12-39(26(41)20(16)23(31)22(17)30)11-13-4-3-5-15(6-13)43-19-10-37-38-25(40)21(19)28(32,33)34/h7-10,12-13,15,42H,3-6,11H2,1-2H3,(H,38,40)/t13-,15+/m1/s1. The summed E-state index contributed by atoms with van der Waals surface area (Å²) in [5, 5.41) is 13.9. The maximum Gasteiger partial charge on any atom is 0.425 e. The third kappa shape index (κ3) is 5.98. The summed E-state index contributed by atoms with van der Waals surface area (Å²) < 4.78 is 92.3. The first-order chi connectivity index (χ1) is 20.1. The highest BCUT2D eigenvalue weighted by molar-refractivity contribution is 5.87. The molecule has 0 amide bonds. The molecule has 1 saturated carbocycles. The normalized spacial score (nSPS) is 17.8. The van der Waals surface area contributed by atoms with Crippen LogP contribution >= 0.6 is 0 Å². The fraction of sp³-hybridized carbons (Fsp3) is 0.393. The van der Waals surface area contributed by atoms with Gasteiger partial charge in [0.05, 0.1) is 28.9 Å². The lowest BCUT2D eigenvalue weighted by molar-refractivity contribution is -0.140. The molecule has 0 aliphatic heterocycles. The maximum absolute atomic E-state index is 15.3. The first kappa shape index (κ1) is 30.2. The highest BCUT2D eigenvalue weighted by Gasteiger charge is 2.39. The molecule has 0 spiro atoms. The number of nitrogens with one attached hydrogen (secondary N) is 1. The number of rotatable bonds is 6. The zero-order valence-corrected chi connectivity index (χ0v) is 22.8. The molecule has 1 aliphatic rings. The molecule has 0 bridgehead atoms. The van der Waals surface area contributed by atoms with E-state index in [-0.39, 0.29) is 18.8 Å². The van der Waals surface area contributed by atoms with Gasteiger partial charge in [0.2, 0.25) is 0 Å². The number of halogens is 6. The topological polar surface area (TPSA) is 123 Å². The van der Waals surface area contributed by atoms with Crippen LogP contribution in [0.25, 0.3) is 22.2 Å². The van der Waals surface area contributed by atoms with E-state index in [1.807, 2.05) is 0 Å². The van der Waals surface area contributed by atoms with Gasteiger partial charge in [0.25, 0.3) is 11.1 Å². The number of aliphatic hydroxyl groups is 1. The molecule has 2 N–H and O–H groups in total. The molecule has 1 aromatic carbocycles. The quantitative estimate of drug-likeness (QED) is 0.300. The van der Waals surface area contributed by atoms with E-state index in [0.29, 0.717) is 24.8 Å². The summed E-state index contributed by atoms with van der Waals surface area (Å²) in [6, 6.07) is 0.937. The third-order valence-corrected chi connectivity index (χ3v) is 7.40. The summed E-state index contributed by atoms with van der Waals surface area (Å²) in [6.45, 7) is 2.82. The minimum Gasteiger partial charge on any atom is -0.488 e. The molecule has 1 aliphatic carbocycles. The number of H-pyrrole nitrogens is 1. The van der Waals surface area contributed by atoms with Gasteiger partial charge in [0.1, 0.15) is 5.82 Å². The first-order valence-corrected chi connectivity index (χ1v) is 13.2. The summed E-state index contributed by atoms with van der Waals surface area (Å²) in [5.74, 6) is -5.48. The van der Waals surface area contributed by atoms with Gasteiger partial charge in [-0.1, -0.05) is 0 Å². The second-order valence-electron chi connectivity index (χ2n) is 11.0.